The van der Waals surface area contributed by atoms with Crippen LogP contribution in [0.4, 0.5) is 15.3 Å². The molecule has 11 heteroatoms. The first-order valence-corrected chi connectivity index (χ1v) is 15.2. The van der Waals surface area contributed by atoms with Crippen LogP contribution in [0.2, 0.25) is 0 Å². The molecule has 2 unspecified atom stereocenters. The molecule has 0 aliphatic carbocycles. The molecule has 1 saturated heterocycles. The molecule has 1 fully saturated rings. The quantitative estimate of drug-likeness (QED) is 0.334. The lowest BCUT2D eigenvalue weighted by molar-refractivity contribution is -0.139. The van der Waals surface area contributed by atoms with Gasteiger partial charge in [0.15, 0.2) is 0 Å². The second-order valence-electron chi connectivity index (χ2n) is 13.0. The summed E-state index contributed by atoms with van der Waals surface area (Å²) in [5, 5.41) is 11.8. The number of ether oxygens (including phenoxy) is 2. The van der Waals surface area contributed by atoms with Gasteiger partial charge in [0.1, 0.15) is 23.8 Å². The summed E-state index contributed by atoms with van der Waals surface area (Å²) < 4.78 is 10.7. The maximum Gasteiger partial charge on any atom is 0.408 e. The normalized spacial score (nSPS) is 18.7. The van der Waals surface area contributed by atoms with E-state index in [2.05, 4.69) is 21.3 Å². The summed E-state index contributed by atoms with van der Waals surface area (Å²) in [5.41, 5.74) is 0.906. The fraction of sp³-hybridized carbons (Fsp3) is 0.515. The highest BCUT2D eigenvalue weighted by Gasteiger charge is 2.38. The average molecular weight is 608 g/mol. The molecule has 0 saturated carbocycles. The minimum Gasteiger partial charge on any atom is -0.445 e. The van der Waals surface area contributed by atoms with Gasteiger partial charge in [-0.1, -0.05) is 48.5 Å². The maximum atomic E-state index is 14.0. The number of anilines is 1. The van der Waals surface area contributed by atoms with Crippen LogP contribution in [0.25, 0.3) is 0 Å². The van der Waals surface area contributed by atoms with Gasteiger partial charge in [-0.2, -0.15) is 0 Å². The summed E-state index contributed by atoms with van der Waals surface area (Å²) in [6.45, 7) is 9.95. The third-order valence-electron chi connectivity index (χ3n) is 7.71. The van der Waals surface area contributed by atoms with Crippen molar-refractivity contribution in [1.29, 1.82) is 0 Å². The van der Waals surface area contributed by atoms with Crippen LogP contribution in [0.5, 0.6) is 0 Å². The first-order chi connectivity index (χ1) is 20.8. The van der Waals surface area contributed by atoms with Crippen LogP contribution in [0, 0.1) is 0 Å². The molecule has 2 aromatic rings. The third-order valence-corrected chi connectivity index (χ3v) is 7.71. The molecule has 4 rings (SSSR count). The monoisotopic (exact) mass is 607 g/mol. The van der Waals surface area contributed by atoms with E-state index in [0.717, 1.165) is 16.8 Å². The van der Waals surface area contributed by atoms with Crippen molar-refractivity contribution in [1.82, 2.24) is 20.9 Å². The van der Waals surface area contributed by atoms with Gasteiger partial charge in [-0.15, -0.1) is 0 Å². The molecule has 238 valence electrons. The highest BCUT2D eigenvalue weighted by molar-refractivity contribution is 5.93. The van der Waals surface area contributed by atoms with E-state index in [4.69, 9.17) is 9.47 Å². The summed E-state index contributed by atoms with van der Waals surface area (Å²) in [6.07, 6.45) is 0.495. The van der Waals surface area contributed by atoms with Gasteiger partial charge in [0.2, 0.25) is 11.8 Å². The van der Waals surface area contributed by atoms with Gasteiger partial charge in [-0.3, -0.25) is 9.59 Å². The smallest absolute Gasteiger partial charge is 0.408 e. The lowest BCUT2D eigenvalue weighted by Crippen LogP contribution is -2.61. The molecule has 0 spiro atoms. The van der Waals surface area contributed by atoms with Crippen LogP contribution in [-0.2, 0) is 25.7 Å². The van der Waals surface area contributed by atoms with Gasteiger partial charge in [0.25, 0.3) is 0 Å². The predicted octanol–water partition coefficient (Wildman–Crippen LogP) is 4.29. The molecular weight excluding hydrogens is 562 g/mol. The molecule has 3 atom stereocenters. The number of hydrogen-bond acceptors (Lipinski definition) is 7. The third kappa shape index (κ3) is 9.11. The number of para-hydroxylation sites is 1. The summed E-state index contributed by atoms with van der Waals surface area (Å²) >= 11 is 0. The van der Waals surface area contributed by atoms with E-state index >= 15 is 0 Å². The number of amides is 4. The molecule has 4 amide bonds. The molecule has 0 aromatic heterocycles. The number of rotatable bonds is 9. The summed E-state index contributed by atoms with van der Waals surface area (Å²) in [5.74, 6) is -0.744. The number of likely N-dealkylation sites (tertiary alicyclic amines) is 1. The molecule has 0 radical (unpaired) electrons. The fourth-order valence-corrected chi connectivity index (χ4v) is 5.47. The molecule has 2 aliphatic rings. The predicted molar refractivity (Wildman–Crippen MR) is 167 cm³/mol. The number of carbonyl (C=O) groups is 4. The zero-order chi connectivity index (χ0) is 31.9. The van der Waals surface area contributed by atoms with Gasteiger partial charge in [0, 0.05) is 37.3 Å². The number of fused-ring (bicyclic) bond motifs is 1. The van der Waals surface area contributed by atoms with Gasteiger partial charge in [0.05, 0.1) is 0 Å². The lowest BCUT2D eigenvalue weighted by Gasteiger charge is -2.36. The van der Waals surface area contributed by atoms with Gasteiger partial charge < -0.3 is 35.6 Å². The van der Waals surface area contributed by atoms with Crippen LogP contribution in [0.15, 0.2) is 54.6 Å². The second kappa shape index (κ2) is 14.0. The molecular formula is C33H45N5O6. The van der Waals surface area contributed by atoms with Crippen LogP contribution in [0.3, 0.4) is 0 Å². The van der Waals surface area contributed by atoms with Crippen molar-refractivity contribution < 1.29 is 28.7 Å². The Morgan fingerprint density at radius 2 is 1.68 bits per heavy atom. The van der Waals surface area contributed by atoms with Gasteiger partial charge in [-0.05, 0) is 71.1 Å². The van der Waals surface area contributed by atoms with Crippen molar-refractivity contribution in [2.45, 2.75) is 89.6 Å². The Balaban J connectivity index is 1.43. The molecule has 0 bridgehead atoms. The Morgan fingerprint density at radius 1 is 0.977 bits per heavy atom. The Morgan fingerprint density at radius 3 is 2.41 bits per heavy atom. The van der Waals surface area contributed by atoms with Crippen LogP contribution < -0.4 is 21.3 Å². The van der Waals surface area contributed by atoms with E-state index in [1.807, 2.05) is 54.6 Å². The number of nitrogens with zero attached hydrogens (tertiary/aromatic N) is 1. The van der Waals surface area contributed by atoms with Crippen molar-refractivity contribution in [3.05, 3.63) is 65.7 Å². The lowest BCUT2D eigenvalue weighted by atomic mass is 9.92. The molecule has 2 heterocycles. The SMILES string of the molecule is CC(C)(C)OC(=O)NC(C)(C)C(=O)N[C@H](CC1CNc2ccccc21)C(=O)N1CCCC(NC(=O)OCc2ccccc2)C1. The highest BCUT2D eigenvalue weighted by atomic mass is 16.6. The van der Waals surface area contributed by atoms with E-state index in [0.29, 0.717) is 38.9 Å². The molecule has 2 aromatic carbocycles. The zero-order valence-corrected chi connectivity index (χ0v) is 26.3. The van der Waals surface area contributed by atoms with E-state index in [-0.39, 0.29) is 24.5 Å². The van der Waals surface area contributed by atoms with E-state index in [1.165, 1.54) is 0 Å². The van der Waals surface area contributed by atoms with Gasteiger partial charge in [-0.25, -0.2) is 9.59 Å². The van der Waals surface area contributed by atoms with Crippen molar-refractivity contribution in [2.75, 3.05) is 25.0 Å². The van der Waals surface area contributed by atoms with Crippen LogP contribution in [-0.4, -0.2) is 71.8 Å². The summed E-state index contributed by atoms with van der Waals surface area (Å²) in [6, 6.07) is 16.2. The summed E-state index contributed by atoms with van der Waals surface area (Å²) in [4.78, 5) is 54.3. The molecule has 4 N–H and O–H groups in total. The van der Waals surface area contributed by atoms with E-state index in [9.17, 15) is 19.2 Å². The highest BCUT2D eigenvalue weighted by Crippen LogP contribution is 2.34. The van der Waals surface area contributed by atoms with Crippen molar-refractivity contribution in [2.24, 2.45) is 0 Å². The summed E-state index contributed by atoms with van der Waals surface area (Å²) in [7, 11) is 0. The molecule has 11 nitrogen and oxygen atoms in total. The number of alkyl carbamates (subject to hydrolysis) is 2. The van der Waals surface area contributed by atoms with Gasteiger partial charge >= 0.3 is 12.2 Å². The minimum absolute atomic E-state index is 0.00551. The van der Waals surface area contributed by atoms with Crippen molar-refractivity contribution in [3.63, 3.8) is 0 Å². The molecule has 2 aliphatic heterocycles. The number of benzene rings is 2. The van der Waals surface area contributed by atoms with Crippen molar-refractivity contribution in [3.8, 4) is 0 Å². The first-order valence-electron chi connectivity index (χ1n) is 15.2. The first kappa shape index (κ1) is 32.6. The Kier molecular flexibility index (Phi) is 10.4. The zero-order valence-electron chi connectivity index (χ0n) is 26.3. The topological polar surface area (TPSA) is 138 Å². The van der Waals surface area contributed by atoms with Crippen LogP contribution in [0.1, 0.15) is 70.9 Å². The Labute approximate surface area is 259 Å². The number of hydrogen-bond donors (Lipinski definition) is 4. The fourth-order valence-electron chi connectivity index (χ4n) is 5.47. The average Bonchev–Trinajstić information content (AvgIpc) is 3.37. The van der Waals surface area contributed by atoms with Crippen molar-refractivity contribution >= 4 is 29.7 Å². The maximum absolute atomic E-state index is 14.0. The van der Waals surface area contributed by atoms with Crippen LogP contribution >= 0.6 is 0 Å². The second-order valence-corrected chi connectivity index (χ2v) is 13.0. The Bertz CT molecular complexity index is 1330. The standard InChI is InChI=1S/C33H45N5O6/c1-32(2,3)44-31(42)37-33(4,5)29(40)36-27(18-23-19-34-26-16-10-9-15-25(23)26)28(39)38-17-11-14-24(20-38)35-30(41)43-21-22-12-7-6-8-13-22/h6-10,12-13,15-16,23-24,27,34H,11,14,17-21H2,1-5H3,(H,35,41)(H,36,40)(H,37,42)/t23?,24?,27-/m1/s1. The number of piperidine rings is 1. The minimum atomic E-state index is -1.35. The molecule has 44 heavy (non-hydrogen) atoms. The van der Waals surface area contributed by atoms with E-state index < -0.39 is 35.3 Å². The largest absolute Gasteiger partial charge is 0.445 e. The van der Waals surface area contributed by atoms with E-state index in [1.54, 1.807) is 39.5 Å². The number of nitrogens with one attached hydrogen (secondary N) is 4. The number of carbonyl (C=O) groups excluding carboxylic acids is 4. The Hall–Kier alpha value is -4.28.